The van der Waals surface area contributed by atoms with Crippen LogP contribution >= 0.6 is 0 Å². The lowest BCUT2D eigenvalue weighted by Gasteiger charge is -2.30. The molecule has 1 aromatic carbocycles. The summed E-state index contributed by atoms with van der Waals surface area (Å²) in [5.74, 6) is 0.521. The lowest BCUT2D eigenvalue weighted by Crippen LogP contribution is -2.38. The maximum Gasteiger partial charge on any atom is 0.289 e. The summed E-state index contributed by atoms with van der Waals surface area (Å²) in [5.41, 5.74) is 5.36. The second-order valence-electron chi connectivity index (χ2n) is 5.24. The Balaban J connectivity index is 2.36. The number of hydrogen-bond donors (Lipinski definition) is 1. The van der Waals surface area contributed by atoms with Crippen LogP contribution in [0.25, 0.3) is 0 Å². The number of piperidine rings is 1. The number of nitro benzene ring substituents is 1. The van der Waals surface area contributed by atoms with E-state index in [2.05, 4.69) is 6.92 Å². The third kappa shape index (κ3) is 3.16. The molecule has 0 amide bonds. The molecule has 0 aromatic heterocycles. The van der Waals surface area contributed by atoms with E-state index in [1.54, 1.807) is 0 Å². The number of nitrogens with zero attached hydrogens (tertiary/aromatic N) is 2. The molecule has 0 unspecified atom stereocenters. The number of sulfonamides is 1. The van der Waals surface area contributed by atoms with Gasteiger partial charge in [-0.1, -0.05) is 13.3 Å². The first-order valence-electron chi connectivity index (χ1n) is 6.90. The molecule has 1 aliphatic rings. The Labute approximate surface area is 123 Å². The molecular weight excluding hydrogens is 294 g/mol. The smallest absolute Gasteiger partial charge is 0.289 e. The minimum Gasteiger partial charge on any atom is -0.399 e. The van der Waals surface area contributed by atoms with E-state index in [4.69, 9.17) is 5.73 Å². The molecule has 116 valence electrons. The minimum absolute atomic E-state index is 0.197. The number of nitrogen functional groups attached to an aromatic ring is 1. The van der Waals surface area contributed by atoms with Crippen molar-refractivity contribution in [2.45, 2.75) is 31.1 Å². The van der Waals surface area contributed by atoms with Gasteiger partial charge in [-0.2, -0.15) is 4.31 Å². The van der Waals surface area contributed by atoms with Gasteiger partial charge in [0, 0.05) is 24.8 Å². The van der Waals surface area contributed by atoms with Crippen LogP contribution in [0.4, 0.5) is 11.4 Å². The van der Waals surface area contributed by atoms with Crippen molar-refractivity contribution in [1.82, 2.24) is 4.31 Å². The highest BCUT2D eigenvalue weighted by molar-refractivity contribution is 7.89. The van der Waals surface area contributed by atoms with Crippen molar-refractivity contribution in [2.75, 3.05) is 18.8 Å². The Morgan fingerprint density at radius 3 is 2.52 bits per heavy atom. The highest BCUT2D eigenvalue weighted by Gasteiger charge is 2.34. The molecule has 7 nitrogen and oxygen atoms in total. The normalized spacial score (nSPS) is 17.8. The summed E-state index contributed by atoms with van der Waals surface area (Å²) in [6.07, 6.45) is 2.59. The summed E-state index contributed by atoms with van der Waals surface area (Å²) in [4.78, 5) is 10.0. The minimum atomic E-state index is -3.88. The molecule has 2 N–H and O–H groups in total. The van der Waals surface area contributed by atoms with Gasteiger partial charge < -0.3 is 5.73 Å². The number of anilines is 1. The maximum atomic E-state index is 12.6. The van der Waals surface area contributed by atoms with Gasteiger partial charge in [0.25, 0.3) is 5.69 Å². The lowest BCUT2D eigenvalue weighted by molar-refractivity contribution is -0.387. The van der Waals surface area contributed by atoms with E-state index in [9.17, 15) is 18.5 Å². The van der Waals surface area contributed by atoms with Crippen LogP contribution in [0.2, 0.25) is 0 Å². The number of rotatable bonds is 4. The fourth-order valence-corrected chi connectivity index (χ4v) is 4.25. The van der Waals surface area contributed by atoms with Gasteiger partial charge in [0.15, 0.2) is 4.90 Å². The molecule has 8 heteroatoms. The summed E-state index contributed by atoms with van der Waals surface area (Å²) < 4.78 is 26.6. The van der Waals surface area contributed by atoms with Gasteiger partial charge in [-0.3, -0.25) is 10.1 Å². The van der Waals surface area contributed by atoms with Crippen molar-refractivity contribution in [1.29, 1.82) is 0 Å². The fraction of sp³-hybridized carbons (Fsp3) is 0.538. The molecule has 1 aromatic rings. The molecule has 0 bridgehead atoms. The first kappa shape index (κ1) is 15.7. The average Bonchev–Trinajstić information content (AvgIpc) is 2.47. The monoisotopic (exact) mass is 313 g/mol. The lowest BCUT2D eigenvalue weighted by atomic mass is 9.96. The van der Waals surface area contributed by atoms with E-state index >= 15 is 0 Å². The Morgan fingerprint density at radius 1 is 1.38 bits per heavy atom. The first-order valence-corrected chi connectivity index (χ1v) is 8.34. The van der Waals surface area contributed by atoms with Crippen LogP contribution in [0.1, 0.15) is 26.2 Å². The van der Waals surface area contributed by atoms with Crippen molar-refractivity contribution in [2.24, 2.45) is 5.92 Å². The maximum absolute atomic E-state index is 12.6. The van der Waals surface area contributed by atoms with Gasteiger partial charge in [-0.05, 0) is 30.9 Å². The summed E-state index contributed by atoms with van der Waals surface area (Å²) in [6, 6.07) is 3.64. The van der Waals surface area contributed by atoms with Gasteiger partial charge in [0.2, 0.25) is 10.0 Å². The molecule has 21 heavy (non-hydrogen) atoms. The van der Waals surface area contributed by atoms with Crippen LogP contribution in [0.15, 0.2) is 23.1 Å². The Kier molecular flexibility index (Phi) is 4.48. The van der Waals surface area contributed by atoms with Crippen molar-refractivity contribution in [3.8, 4) is 0 Å². The van der Waals surface area contributed by atoms with Crippen LogP contribution in [0.3, 0.4) is 0 Å². The van der Waals surface area contributed by atoms with E-state index in [-0.39, 0.29) is 10.6 Å². The molecule has 0 spiro atoms. The van der Waals surface area contributed by atoms with E-state index in [0.717, 1.165) is 25.3 Å². The third-order valence-electron chi connectivity index (χ3n) is 3.95. The van der Waals surface area contributed by atoms with E-state index in [1.807, 2.05) is 0 Å². The van der Waals surface area contributed by atoms with Crippen LogP contribution in [-0.4, -0.2) is 30.7 Å². The number of benzene rings is 1. The second-order valence-corrected chi connectivity index (χ2v) is 7.15. The molecule has 0 radical (unpaired) electrons. The van der Waals surface area contributed by atoms with Crippen molar-refractivity contribution in [3.05, 3.63) is 28.3 Å². The predicted molar refractivity (Wildman–Crippen MR) is 79.3 cm³/mol. The van der Waals surface area contributed by atoms with Gasteiger partial charge >= 0.3 is 0 Å². The predicted octanol–water partition coefficient (Wildman–Crippen LogP) is 1.99. The quantitative estimate of drug-likeness (QED) is 0.519. The Morgan fingerprint density at radius 2 is 2.00 bits per heavy atom. The molecule has 0 aliphatic carbocycles. The fourth-order valence-electron chi connectivity index (χ4n) is 2.59. The zero-order valence-corrected chi connectivity index (χ0v) is 12.7. The van der Waals surface area contributed by atoms with Crippen LogP contribution < -0.4 is 5.73 Å². The van der Waals surface area contributed by atoms with E-state index in [1.165, 1.54) is 16.4 Å². The Hall–Kier alpha value is -1.67. The molecule has 1 heterocycles. The summed E-state index contributed by atoms with van der Waals surface area (Å²) in [5, 5.41) is 11.0. The standard InChI is InChI=1S/C13H19N3O4S/c1-2-10-5-7-15(8-6-10)21(19,20)13-9-11(14)3-4-12(13)16(17)18/h3-4,9-10H,2,5-8,14H2,1H3. The van der Waals surface area contributed by atoms with Crippen molar-refractivity contribution < 1.29 is 13.3 Å². The molecule has 1 aliphatic heterocycles. The van der Waals surface area contributed by atoms with E-state index in [0.29, 0.717) is 19.0 Å². The van der Waals surface area contributed by atoms with Crippen LogP contribution in [0, 0.1) is 16.0 Å². The van der Waals surface area contributed by atoms with E-state index < -0.39 is 20.6 Å². The van der Waals surface area contributed by atoms with Gasteiger partial charge in [0.1, 0.15) is 0 Å². The van der Waals surface area contributed by atoms with Gasteiger partial charge in [0.05, 0.1) is 4.92 Å². The summed E-state index contributed by atoms with van der Waals surface area (Å²) in [6.45, 7) is 2.87. The highest BCUT2D eigenvalue weighted by Crippen LogP contribution is 2.31. The van der Waals surface area contributed by atoms with Crippen molar-refractivity contribution >= 4 is 21.4 Å². The second kappa shape index (κ2) is 5.98. The van der Waals surface area contributed by atoms with Crippen molar-refractivity contribution in [3.63, 3.8) is 0 Å². The van der Waals surface area contributed by atoms with Crippen LogP contribution in [-0.2, 0) is 10.0 Å². The topological polar surface area (TPSA) is 107 Å². The van der Waals surface area contributed by atoms with Gasteiger partial charge in [-0.25, -0.2) is 8.42 Å². The molecule has 1 saturated heterocycles. The summed E-state index contributed by atoms with van der Waals surface area (Å²) in [7, 11) is -3.88. The highest BCUT2D eigenvalue weighted by atomic mass is 32.2. The zero-order chi connectivity index (χ0) is 15.6. The average molecular weight is 313 g/mol. The first-order chi connectivity index (χ1) is 9.86. The molecule has 0 saturated carbocycles. The Bertz CT molecular complexity index is 637. The largest absolute Gasteiger partial charge is 0.399 e. The number of nitrogens with two attached hydrogens (primary N) is 1. The molecule has 1 fully saturated rings. The number of hydrogen-bond acceptors (Lipinski definition) is 5. The summed E-state index contributed by atoms with van der Waals surface area (Å²) >= 11 is 0. The van der Waals surface area contributed by atoms with Gasteiger partial charge in [-0.15, -0.1) is 0 Å². The SMILES string of the molecule is CCC1CCN(S(=O)(=O)c2cc(N)ccc2[N+](=O)[O-])CC1. The third-order valence-corrected chi connectivity index (χ3v) is 5.88. The number of nitro groups is 1. The molecule has 0 atom stereocenters. The molecule has 2 rings (SSSR count). The van der Waals surface area contributed by atoms with Crippen LogP contribution in [0.5, 0.6) is 0 Å². The molecular formula is C13H19N3O4S. The zero-order valence-electron chi connectivity index (χ0n) is 11.9.